The summed E-state index contributed by atoms with van der Waals surface area (Å²) in [7, 11) is 0. The highest BCUT2D eigenvalue weighted by molar-refractivity contribution is 4.57. The van der Waals surface area contributed by atoms with Crippen molar-refractivity contribution in [1.29, 1.82) is 0 Å². The molecule has 0 aromatic heterocycles. The van der Waals surface area contributed by atoms with E-state index in [9.17, 15) is 26.3 Å². The molecule has 0 atom stereocenters. The van der Waals surface area contributed by atoms with Crippen molar-refractivity contribution in [3.05, 3.63) is 0 Å². The van der Waals surface area contributed by atoms with Gasteiger partial charge in [-0.15, -0.1) is 0 Å². The van der Waals surface area contributed by atoms with Crippen LogP contribution in [-0.4, -0.2) is 12.4 Å². The number of rotatable bonds is 0. The van der Waals surface area contributed by atoms with Crippen LogP contribution in [0.4, 0.5) is 35.8 Å². The zero-order valence-electron chi connectivity index (χ0n) is 4.79. The molecule has 0 aliphatic carbocycles. The lowest BCUT2D eigenvalue weighted by Gasteiger charge is -2.08. The van der Waals surface area contributed by atoms with Gasteiger partial charge in [0.05, 0.1) is 0 Å². The predicted molar refractivity (Wildman–Crippen MR) is 21.7 cm³/mol. The first kappa shape index (κ1) is 16.8. The molecule has 8 heteroatoms. The molecule has 72 valence electrons. The molecule has 0 bridgehead atoms. The zero-order valence-corrected chi connectivity index (χ0v) is 4.79. The molecule has 0 spiro atoms. The SMILES string of the molecule is F.F.FC(F)(F)CC(F)(F)F. The number of hydrogen-bond acceptors (Lipinski definition) is 0. The Bertz CT molecular complexity index is 74.5. The largest absolute Gasteiger partial charge is 0.397 e. The van der Waals surface area contributed by atoms with E-state index >= 15 is 0 Å². The van der Waals surface area contributed by atoms with Crippen LogP contribution < -0.4 is 0 Å². The average Bonchev–Trinajstić information content (AvgIpc) is 1.14. The Morgan fingerprint density at radius 2 is 0.818 bits per heavy atom. The lowest BCUT2D eigenvalue weighted by molar-refractivity contribution is -0.232. The van der Waals surface area contributed by atoms with Crippen molar-refractivity contribution in [3.8, 4) is 0 Å². The molecular formula is C3H4F8. The Morgan fingerprint density at radius 3 is 0.818 bits per heavy atom. The maximum Gasteiger partial charge on any atom is 0.397 e. The van der Waals surface area contributed by atoms with Crippen molar-refractivity contribution in [2.24, 2.45) is 0 Å². The summed E-state index contributed by atoms with van der Waals surface area (Å²) in [5.41, 5.74) is 0. The molecule has 0 saturated heterocycles. The van der Waals surface area contributed by atoms with Crippen molar-refractivity contribution in [2.45, 2.75) is 18.8 Å². The highest BCUT2D eigenvalue weighted by Gasteiger charge is 2.43. The van der Waals surface area contributed by atoms with E-state index in [4.69, 9.17) is 0 Å². The summed E-state index contributed by atoms with van der Waals surface area (Å²) in [4.78, 5) is 0. The molecule has 0 radical (unpaired) electrons. The van der Waals surface area contributed by atoms with E-state index < -0.39 is 18.8 Å². The third-order valence-electron chi connectivity index (χ3n) is 0.401. The van der Waals surface area contributed by atoms with Crippen molar-refractivity contribution in [2.75, 3.05) is 0 Å². The van der Waals surface area contributed by atoms with Crippen molar-refractivity contribution in [1.82, 2.24) is 0 Å². The molecule has 0 fully saturated rings. The molecule has 0 aromatic rings. The summed E-state index contributed by atoms with van der Waals surface area (Å²) >= 11 is 0. The van der Waals surface area contributed by atoms with E-state index in [0.29, 0.717) is 0 Å². The standard InChI is InChI=1S/C3H2F6.2FH/c4-2(5,6)1-3(7,8)9;;/h1H2;2*1H. The van der Waals surface area contributed by atoms with Gasteiger partial charge in [0.25, 0.3) is 0 Å². The van der Waals surface area contributed by atoms with Crippen molar-refractivity contribution >= 4 is 0 Å². The minimum Gasteiger partial charge on any atom is -0.269 e. The highest BCUT2D eigenvalue weighted by Crippen LogP contribution is 2.31. The second-order valence-electron chi connectivity index (χ2n) is 1.41. The van der Waals surface area contributed by atoms with Gasteiger partial charge in [-0.05, 0) is 0 Å². The fourth-order valence-electron chi connectivity index (χ4n) is 0.227. The van der Waals surface area contributed by atoms with Gasteiger partial charge >= 0.3 is 12.4 Å². The third-order valence-corrected chi connectivity index (χ3v) is 0.401. The Kier molecular flexibility index (Phi) is 6.64. The fraction of sp³-hybridized carbons (Fsp3) is 1.00. The molecule has 11 heavy (non-hydrogen) atoms. The molecule has 0 aromatic carbocycles. The van der Waals surface area contributed by atoms with Gasteiger partial charge in [0, 0.05) is 0 Å². The van der Waals surface area contributed by atoms with E-state index in [-0.39, 0.29) is 9.41 Å². The van der Waals surface area contributed by atoms with Gasteiger partial charge in [-0.25, -0.2) is 0 Å². The molecule has 0 heterocycles. The summed E-state index contributed by atoms with van der Waals surface area (Å²) in [5.74, 6) is 0. The smallest absolute Gasteiger partial charge is 0.269 e. The predicted octanol–water partition coefficient (Wildman–Crippen LogP) is 2.81. The molecule has 0 N–H and O–H groups in total. The van der Waals surface area contributed by atoms with E-state index in [1.807, 2.05) is 0 Å². The Hall–Kier alpha value is -0.560. The first-order valence-electron chi connectivity index (χ1n) is 1.84. The maximum atomic E-state index is 10.8. The lowest BCUT2D eigenvalue weighted by Crippen LogP contribution is -2.20. The number of halogens is 8. The average molecular weight is 192 g/mol. The van der Waals surface area contributed by atoms with Crippen LogP contribution in [0.2, 0.25) is 0 Å². The topological polar surface area (TPSA) is 0 Å². The number of alkyl halides is 6. The van der Waals surface area contributed by atoms with Crippen LogP contribution in [0.3, 0.4) is 0 Å². The number of hydrogen-bond donors (Lipinski definition) is 0. The van der Waals surface area contributed by atoms with Gasteiger partial charge in [0.15, 0.2) is 0 Å². The van der Waals surface area contributed by atoms with Gasteiger partial charge in [0.1, 0.15) is 6.42 Å². The highest BCUT2D eigenvalue weighted by atomic mass is 19.4. The van der Waals surface area contributed by atoms with Gasteiger partial charge in [-0.2, -0.15) is 26.3 Å². The molecule has 0 aliphatic rings. The van der Waals surface area contributed by atoms with E-state index in [1.165, 1.54) is 0 Å². The van der Waals surface area contributed by atoms with Crippen LogP contribution in [0, 0.1) is 0 Å². The van der Waals surface area contributed by atoms with E-state index in [1.54, 1.807) is 0 Å². The second kappa shape index (κ2) is 4.35. The quantitative estimate of drug-likeness (QED) is 0.517. The molecule has 0 unspecified atom stereocenters. The molecule has 0 saturated carbocycles. The summed E-state index contributed by atoms with van der Waals surface area (Å²) < 4.78 is 65.0. The molecular weight excluding hydrogens is 188 g/mol. The first-order chi connectivity index (χ1) is 3.71. The molecule has 0 aliphatic heterocycles. The lowest BCUT2D eigenvalue weighted by atomic mass is 10.4. The summed E-state index contributed by atoms with van der Waals surface area (Å²) in [6, 6.07) is 0. The fourth-order valence-corrected chi connectivity index (χ4v) is 0.227. The van der Waals surface area contributed by atoms with Gasteiger partial charge in [-0.3, -0.25) is 9.41 Å². The Balaban J connectivity index is -0.000000320. The van der Waals surface area contributed by atoms with Crippen molar-refractivity contribution in [3.63, 3.8) is 0 Å². The van der Waals surface area contributed by atoms with Crippen LogP contribution in [0.5, 0.6) is 0 Å². The van der Waals surface area contributed by atoms with Crippen LogP contribution >= 0.6 is 0 Å². The zero-order chi connectivity index (χ0) is 7.71. The first-order valence-corrected chi connectivity index (χ1v) is 1.84. The summed E-state index contributed by atoms with van der Waals surface area (Å²) in [5, 5.41) is 0. The normalized spacial score (nSPS) is 11.5. The summed E-state index contributed by atoms with van der Waals surface area (Å²) in [6.45, 7) is 0. The second-order valence-corrected chi connectivity index (χ2v) is 1.41. The van der Waals surface area contributed by atoms with Crippen LogP contribution in [0.1, 0.15) is 6.42 Å². The Labute approximate surface area is 55.9 Å². The van der Waals surface area contributed by atoms with E-state index in [2.05, 4.69) is 0 Å². The Morgan fingerprint density at radius 1 is 0.636 bits per heavy atom. The molecule has 0 amide bonds. The van der Waals surface area contributed by atoms with E-state index in [0.717, 1.165) is 0 Å². The van der Waals surface area contributed by atoms with Crippen molar-refractivity contribution < 1.29 is 35.8 Å². The minimum atomic E-state index is -5.14. The maximum absolute atomic E-state index is 10.8. The summed E-state index contributed by atoms with van der Waals surface area (Å²) in [6.07, 6.45) is -13.0. The van der Waals surface area contributed by atoms with Gasteiger partial charge in [0.2, 0.25) is 0 Å². The third kappa shape index (κ3) is 17.7. The minimum absolute atomic E-state index is 0. The monoisotopic (exact) mass is 192 g/mol. The van der Waals surface area contributed by atoms with Gasteiger partial charge in [-0.1, -0.05) is 0 Å². The van der Waals surface area contributed by atoms with Crippen LogP contribution in [0.25, 0.3) is 0 Å². The van der Waals surface area contributed by atoms with Crippen LogP contribution in [-0.2, 0) is 0 Å². The molecule has 0 rings (SSSR count). The molecule has 0 nitrogen and oxygen atoms in total. The van der Waals surface area contributed by atoms with Crippen LogP contribution in [0.15, 0.2) is 0 Å². The van der Waals surface area contributed by atoms with Gasteiger partial charge < -0.3 is 0 Å².